The third kappa shape index (κ3) is 45.4. The summed E-state index contributed by atoms with van der Waals surface area (Å²) in [5, 5.41) is 0. The Labute approximate surface area is 128 Å². The van der Waals surface area contributed by atoms with Crippen LogP contribution in [0.25, 0.3) is 0 Å². The van der Waals surface area contributed by atoms with Crippen LogP contribution in [-0.2, 0) is 21.0 Å². The van der Waals surface area contributed by atoms with Gasteiger partial charge in [-0.05, 0) is 0 Å². The van der Waals surface area contributed by atoms with Gasteiger partial charge in [-0.15, -0.1) is 0 Å². The first-order valence-electron chi connectivity index (χ1n) is 0.647. The van der Waals surface area contributed by atoms with Gasteiger partial charge in [0.15, 0.2) is 0 Å². The van der Waals surface area contributed by atoms with Gasteiger partial charge in [0.05, 0.1) is 0 Å². The Morgan fingerprint density at radius 3 is 1.00 bits per heavy atom. The van der Waals surface area contributed by atoms with Crippen molar-refractivity contribution in [2.75, 3.05) is 0 Å². The van der Waals surface area contributed by atoms with E-state index in [4.69, 9.17) is 16.0 Å². The average molecular weight is 199 g/mol. The standard InChI is InChI=1S/2K.Mn.2H2O.2O/h;;;2*1H2;;/q;;+2;;;;/p-2. The van der Waals surface area contributed by atoms with Crippen LogP contribution in [0.5, 0.6) is 0 Å². The van der Waals surface area contributed by atoms with E-state index in [1.807, 2.05) is 0 Å². The molecule has 0 unspecified atom stereocenters. The van der Waals surface area contributed by atoms with Crippen LogP contribution in [0.2, 0.25) is 0 Å². The molecule has 7 heteroatoms. The van der Waals surface area contributed by atoms with Crippen molar-refractivity contribution in [2.24, 2.45) is 0 Å². The van der Waals surface area contributed by atoms with Gasteiger partial charge in [0.25, 0.3) is 0 Å². The summed E-state index contributed by atoms with van der Waals surface area (Å²) in [4.78, 5) is 0. The van der Waals surface area contributed by atoms with E-state index in [0.717, 1.165) is 0 Å². The van der Waals surface area contributed by atoms with Crippen LogP contribution in [0.15, 0.2) is 0 Å². The van der Waals surface area contributed by atoms with E-state index in [9.17, 15) is 0 Å². The fraction of sp³-hybridized carbons (Fsp3) is 0. The first-order chi connectivity index (χ1) is 2.00. The fourth-order valence-electron chi connectivity index (χ4n) is 0. The SMILES string of the molecule is [K].[K].[O]=[Mn](=[O])([OH])[OH]. The predicted molar refractivity (Wildman–Crippen MR) is 17.3 cm³/mol. The molecule has 2 N–H and O–H groups in total. The van der Waals surface area contributed by atoms with E-state index >= 15 is 0 Å². The van der Waals surface area contributed by atoms with Gasteiger partial charge in [-0.1, -0.05) is 0 Å². The molecule has 0 saturated carbocycles. The van der Waals surface area contributed by atoms with Crippen molar-refractivity contribution in [3.63, 3.8) is 0 Å². The second kappa shape index (κ2) is 7.42. The molecule has 0 aliphatic heterocycles. The first kappa shape index (κ1) is 16.7. The Kier molecular flexibility index (Phi) is 17.7. The van der Waals surface area contributed by atoms with Gasteiger partial charge >= 0.3 is 29.4 Å². The Hall–Kier alpha value is 3.31. The summed E-state index contributed by atoms with van der Waals surface area (Å²) in [5.41, 5.74) is 0. The summed E-state index contributed by atoms with van der Waals surface area (Å²) >= 11 is -5.12. The quantitative estimate of drug-likeness (QED) is 0.438. The zero-order valence-corrected chi connectivity index (χ0v) is 11.5. The maximum absolute atomic E-state index is 8.80. The monoisotopic (exact) mass is 199 g/mol. The molecular formula is H2K2MnO4. The van der Waals surface area contributed by atoms with Crippen LogP contribution >= 0.6 is 0 Å². The summed E-state index contributed by atoms with van der Waals surface area (Å²) in [7, 11) is 0. The topological polar surface area (TPSA) is 74.6 Å². The molecule has 0 spiro atoms. The van der Waals surface area contributed by atoms with Crippen molar-refractivity contribution in [3.8, 4) is 0 Å². The van der Waals surface area contributed by atoms with Gasteiger partial charge in [-0.3, -0.25) is 0 Å². The molecule has 7 heavy (non-hydrogen) atoms. The molecule has 0 rings (SSSR count). The van der Waals surface area contributed by atoms with E-state index in [0.29, 0.717) is 0 Å². The summed E-state index contributed by atoms with van der Waals surface area (Å²) in [6.45, 7) is 0. The second-order valence-electron chi connectivity index (χ2n) is 0.415. The van der Waals surface area contributed by atoms with Gasteiger partial charge in [-0.2, -0.15) is 0 Å². The Morgan fingerprint density at radius 2 is 1.00 bits per heavy atom. The van der Waals surface area contributed by atoms with Crippen molar-refractivity contribution in [1.82, 2.24) is 0 Å². The van der Waals surface area contributed by atoms with E-state index in [1.54, 1.807) is 0 Å². The predicted octanol–water partition coefficient (Wildman–Crippen LogP) is -2.12. The number of rotatable bonds is 0. The minimum atomic E-state index is -5.12. The maximum atomic E-state index is 8.80. The van der Waals surface area contributed by atoms with Gasteiger partial charge in [0, 0.05) is 103 Å². The van der Waals surface area contributed by atoms with Gasteiger partial charge in [0.2, 0.25) is 0 Å². The molecule has 0 saturated heterocycles. The van der Waals surface area contributed by atoms with E-state index in [2.05, 4.69) is 0 Å². The molecule has 0 fully saturated rings. The molecule has 35 valence electrons. The third-order valence-electron chi connectivity index (χ3n) is 0. The van der Waals surface area contributed by atoms with Crippen molar-refractivity contribution >= 4 is 103 Å². The zero-order chi connectivity index (χ0) is 4.50. The zero-order valence-electron chi connectivity index (χ0n) is 4.09. The van der Waals surface area contributed by atoms with Crippen LogP contribution in [0.1, 0.15) is 0 Å². The van der Waals surface area contributed by atoms with Gasteiger partial charge in [-0.25, -0.2) is 0 Å². The first-order valence-corrected chi connectivity index (χ1v) is 2.67. The molecule has 0 aromatic heterocycles. The molecule has 0 aliphatic rings. The summed E-state index contributed by atoms with van der Waals surface area (Å²) in [6, 6.07) is 0. The van der Waals surface area contributed by atoms with Crippen LogP contribution < -0.4 is 0 Å². The Balaban J connectivity index is -0.0000000800. The van der Waals surface area contributed by atoms with E-state index in [-0.39, 0.29) is 103 Å². The summed E-state index contributed by atoms with van der Waals surface area (Å²) in [6.07, 6.45) is 0. The Bertz CT molecular complexity index is 92.9. The average Bonchev–Trinajstić information content (AvgIpc) is 0.722. The van der Waals surface area contributed by atoms with E-state index in [1.165, 1.54) is 0 Å². The van der Waals surface area contributed by atoms with Crippen molar-refractivity contribution < 1.29 is 29.4 Å². The Morgan fingerprint density at radius 1 is 1.00 bits per heavy atom. The normalized spacial score (nSPS) is 8.29. The van der Waals surface area contributed by atoms with Gasteiger partial charge < -0.3 is 0 Å². The van der Waals surface area contributed by atoms with Crippen LogP contribution in [0.4, 0.5) is 0 Å². The summed E-state index contributed by atoms with van der Waals surface area (Å²) in [5.74, 6) is 0. The third-order valence-corrected chi connectivity index (χ3v) is 0. The van der Waals surface area contributed by atoms with Crippen LogP contribution in [-0.4, -0.2) is 111 Å². The summed E-state index contributed by atoms with van der Waals surface area (Å²) < 4.78 is 31.8. The molecule has 0 aromatic carbocycles. The van der Waals surface area contributed by atoms with E-state index < -0.39 is 13.4 Å². The van der Waals surface area contributed by atoms with Crippen LogP contribution in [0, 0.1) is 0 Å². The molecule has 0 aromatic rings. The fourth-order valence-corrected chi connectivity index (χ4v) is 0. The molecule has 0 aliphatic carbocycles. The molecule has 0 bridgehead atoms. The number of hydrogen-bond donors (Lipinski definition) is 2. The van der Waals surface area contributed by atoms with Crippen molar-refractivity contribution in [2.45, 2.75) is 0 Å². The minimum absolute atomic E-state index is 0. The molecule has 0 amide bonds. The second-order valence-corrected chi connectivity index (χ2v) is 1.71. The molecule has 2 radical (unpaired) electrons. The molecule has 0 atom stereocenters. The molecular weight excluding hydrogens is 197 g/mol. The van der Waals surface area contributed by atoms with Crippen LogP contribution in [0.3, 0.4) is 0 Å². The van der Waals surface area contributed by atoms with Crippen molar-refractivity contribution in [1.29, 1.82) is 0 Å². The molecule has 4 nitrogen and oxygen atoms in total. The van der Waals surface area contributed by atoms with Crippen molar-refractivity contribution in [3.05, 3.63) is 0 Å². The van der Waals surface area contributed by atoms with Gasteiger partial charge in [0.1, 0.15) is 0 Å². The number of hydrogen-bond acceptors (Lipinski definition) is 2. The molecule has 0 heterocycles.